The molecule has 0 N–H and O–H groups in total. The Morgan fingerprint density at radius 2 is 1.53 bits per heavy atom. The van der Waals surface area contributed by atoms with Gasteiger partial charge in [-0.05, 0) is 48.1 Å². The third kappa shape index (κ3) is 1.96. The van der Waals surface area contributed by atoms with Gasteiger partial charge < -0.3 is 0 Å². The van der Waals surface area contributed by atoms with Gasteiger partial charge >= 0.3 is 0 Å². The van der Waals surface area contributed by atoms with E-state index in [1.807, 2.05) is 18.2 Å². The molecule has 2 aromatic rings. The summed E-state index contributed by atoms with van der Waals surface area (Å²) in [5.74, 6) is 0. The second kappa shape index (κ2) is 4.36. The molecule has 2 heteroatoms. The SMILES string of the molecule is Clc1cccc(Cl)c1-c1ccc2c(c1)CCC2. The van der Waals surface area contributed by atoms with E-state index in [0.717, 1.165) is 21.2 Å². The first-order chi connectivity index (χ1) is 8.25. The lowest BCUT2D eigenvalue weighted by atomic mass is 10.0. The molecule has 0 spiro atoms. The molecule has 2 aromatic carbocycles. The van der Waals surface area contributed by atoms with Gasteiger partial charge in [0.25, 0.3) is 0 Å². The number of aryl methyl sites for hydroxylation is 2. The molecule has 0 radical (unpaired) electrons. The van der Waals surface area contributed by atoms with Gasteiger partial charge in [-0.1, -0.05) is 47.5 Å². The monoisotopic (exact) mass is 262 g/mol. The van der Waals surface area contributed by atoms with Crippen molar-refractivity contribution in [3.63, 3.8) is 0 Å². The van der Waals surface area contributed by atoms with Crippen LogP contribution in [0.4, 0.5) is 0 Å². The van der Waals surface area contributed by atoms with Gasteiger partial charge in [-0.3, -0.25) is 0 Å². The molecule has 0 amide bonds. The minimum atomic E-state index is 0.718. The van der Waals surface area contributed by atoms with Crippen LogP contribution in [0.25, 0.3) is 11.1 Å². The van der Waals surface area contributed by atoms with E-state index in [2.05, 4.69) is 18.2 Å². The Kier molecular flexibility index (Phi) is 2.85. The molecule has 0 saturated carbocycles. The lowest BCUT2D eigenvalue weighted by Gasteiger charge is -2.09. The van der Waals surface area contributed by atoms with E-state index >= 15 is 0 Å². The molecule has 0 aliphatic heterocycles. The van der Waals surface area contributed by atoms with Gasteiger partial charge in [0.05, 0.1) is 0 Å². The van der Waals surface area contributed by atoms with Gasteiger partial charge in [-0.25, -0.2) is 0 Å². The zero-order valence-electron chi connectivity index (χ0n) is 9.34. The topological polar surface area (TPSA) is 0 Å². The zero-order valence-corrected chi connectivity index (χ0v) is 10.9. The summed E-state index contributed by atoms with van der Waals surface area (Å²) in [4.78, 5) is 0. The molecule has 0 heterocycles. The van der Waals surface area contributed by atoms with Crippen LogP contribution in [0.15, 0.2) is 36.4 Å². The standard InChI is InChI=1S/C15H12Cl2/c16-13-5-2-6-14(17)15(13)12-8-7-10-3-1-4-11(10)9-12/h2,5-9H,1,3-4H2. The third-order valence-electron chi connectivity index (χ3n) is 3.35. The highest BCUT2D eigenvalue weighted by Gasteiger charge is 2.14. The predicted molar refractivity (Wildman–Crippen MR) is 73.9 cm³/mol. The fourth-order valence-electron chi connectivity index (χ4n) is 2.50. The summed E-state index contributed by atoms with van der Waals surface area (Å²) in [6.45, 7) is 0. The lowest BCUT2D eigenvalue weighted by Crippen LogP contribution is -1.86. The van der Waals surface area contributed by atoms with Gasteiger partial charge in [0.1, 0.15) is 0 Å². The van der Waals surface area contributed by atoms with Crippen molar-refractivity contribution in [2.24, 2.45) is 0 Å². The van der Waals surface area contributed by atoms with Crippen LogP contribution in [-0.4, -0.2) is 0 Å². The summed E-state index contributed by atoms with van der Waals surface area (Å²) in [6, 6.07) is 12.2. The maximum absolute atomic E-state index is 6.23. The number of rotatable bonds is 1. The van der Waals surface area contributed by atoms with Gasteiger partial charge in [-0.2, -0.15) is 0 Å². The van der Waals surface area contributed by atoms with Gasteiger partial charge in [0.15, 0.2) is 0 Å². The third-order valence-corrected chi connectivity index (χ3v) is 3.98. The van der Waals surface area contributed by atoms with Crippen molar-refractivity contribution < 1.29 is 0 Å². The Labute approximate surface area is 111 Å². The quantitative estimate of drug-likeness (QED) is 0.667. The van der Waals surface area contributed by atoms with Crippen LogP contribution in [0.3, 0.4) is 0 Å². The van der Waals surface area contributed by atoms with Crippen molar-refractivity contribution in [2.75, 3.05) is 0 Å². The van der Waals surface area contributed by atoms with Crippen LogP contribution in [-0.2, 0) is 12.8 Å². The van der Waals surface area contributed by atoms with Crippen LogP contribution in [0.5, 0.6) is 0 Å². The maximum atomic E-state index is 6.23. The first-order valence-electron chi connectivity index (χ1n) is 5.82. The molecule has 0 unspecified atom stereocenters. The molecular weight excluding hydrogens is 251 g/mol. The molecule has 0 saturated heterocycles. The summed E-state index contributed by atoms with van der Waals surface area (Å²) >= 11 is 12.5. The van der Waals surface area contributed by atoms with Crippen LogP contribution in [0, 0.1) is 0 Å². The average Bonchev–Trinajstić information content (AvgIpc) is 2.76. The summed E-state index contributed by atoms with van der Waals surface area (Å²) < 4.78 is 0. The average molecular weight is 263 g/mol. The molecule has 0 aromatic heterocycles. The molecule has 17 heavy (non-hydrogen) atoms. The predicted octanol–water partition coefficient (Wildman–Crippen LogP) is 5.15. The molecule has 1 aliphatic carbocycles. The van der Waals surface area contributed by atoms with E-state index in [-0.39, 0.29) is 0 Å². The number of halogens is 2. The maximum Gasteiger partial charge on any atom is 0.0499 e. The Morgan fingerprint density at radius 3 is 2.29 bits per heavy atom. The summed E-state index contributed by atoms with van der Waals surface area (Å²) in [6.07, 6.45) is 3.63. The van der Waals surface area contributed by atoms with Crippen molar-refractivity contribution in [1.29, 1.82) is 0 Å². The van der Waals surface area contributed by atoms with E-state index in [0.29, 0.717) is 0 Å². The van der Waals surface area contributed by atoms with Crippen molar-refractivity contribution in [2.45, 2.75) is 19.3 Å². The van der Waals surface area contributed by atoms with Crippen molar-refractivity contribution in [3.05, 3.63) is 57.6 Å². The molecule has 0 nitrogen and oxygen atoms in total. The van der Waals surface area contributed by atoms with E-state index in [1.54, 1.807) is 0 Å². The highest BCUT2D eigenvalue weighted by Crippen LogP contribution is 2.36. The first-order valence-corrected chi connectivity index (χ1v) is 6.57. The fraction of sp³-hybridized carbons (Fsp3) is 0.200. The van der Waals surface area contributed by atoms with Crippen LogP contribution in [0.1, 0.15) is 17.5 Å². The highest BCUT2D eigenvalue weighted by atomic mass is 35.5. The lowest BCUT2D eigenvalue weighted by molar-refractivity contribution is 0.912. The molecule has 0 fully saturated rings. The normalized spacial score (nSPS) is 13.8. The van der Waals surface area contributed by atoms with Gasteiger partial charge in [0, 0.05) is 15.6 Å². The Balaban J connectivity index is 2.16. The van der Waals surface area contributed by atoms with E-state index in [1.165, 1.54) is 30.4 Å². The summed E-state index contributed by atoms with van der Waals surface area (Å²) in [5, 5.41) is 1.44. The van der Waals surface area contributed by atoms with Crippen LogP contribution < -0.4 is 0 Å². The first kappa shape index (κ1) is 11.1. The summed E-state index contributed by atoms with van der Waals surface area (Å²) in [5.41, 5.74) is 4.99. The van der Waals surface area contributed by atoms with Gasteiger partial charge in [-0.15, -0.1) is 0 Å². The fourth-order valence-corrected chi connectivity index (χ4v) is 3.12. The largest absolute Gasteiger partial charge is 0.0836 e. The Hall–Kier alpha value is -0.980. The molecule has 3 rings (SSSR count). The Morgan fingerprint density at radius 1 is 0.824 bits per heavy atom. The van der Waals surface area contributed by atoms with E-state index < -0.39 is 0 Å². The molecule has 86 valence electrons. The minimum Gasteiger partial charge on any atom is -0.0836 e. The van der Waals surface area contributed by atoms with Crippen molar-refractivity contribution >= 4 is 23.2 Å². The summed E-state index contributed by atoms with van der Waals surface area (Å²) in [7, 11) is 0. The molecule has 0 bridgehead atoms. The second-order valence-corrected chi connectivity index (χ2v) is 5.25. The molecular formula is C15H12Cl2. The van der Waals surface area contributed by atoms with Crippen LogP contribution in [0.2, 0.25) is 10.0 Å². The zero-order chi connectivity index (χ0) is 11.8. The van der Waals surface area contributed by atoms with Crippen molar-refractivity contribution in [3.8, 4) is 11.1 Å². The number of fused-ring (bicyclic) bond motifs is 1. The smallest absolute Gasteiger partial charge is 0.0499 e. The van der Waals surface area contributed by atoms with E-state index in [4.69, 9.17) is 23.2 Å². The number of benzene rings is 2. The Bertz CT molecular complexity index is 553. The number of hydrogen-bond acceptors (Lipinski definition) is 0. The second-order valence-electron chi connectivity index (χ2n) is 4.43. The van der Waals surface area contributed by atoms with Gasteiger partial charge in [0.2, 0.25) is 0 Å². The number of hydrogen-bond donors (Lipinski definition) is 0. The van der Waals surface area contributed by atoms with Crippen molar-refractivity contribution in [1.82, 2.24) is 0 Å². The minimum absolute atomic E-state index is 0.718. The van der Waals surface area contributed by atoms with Crippen LogP contribution >= 0.6 is 23.2 Å². The molecule has 1 aliphatic rings. The molecule has 0 atom stereocenters. The van der Waals surface area contributed by atoms with E-state index in [9.17, 15) is 0 Å². The highest BCUT2D eigenvalue weighted by molar-refractivity contribution is 6.39.